The molecule has 0 bridgehead atoms. The highest BCUT2D eigenvalue weighted by Gasteiger charge is 2.30. The Morgan fingerprint density at radius 3 is 2.88 bits per heavy atom. The summed E-state index contributed by atoms with van der Waals surface area (Å²) in [6.45, 7) is 0.906. The molecule has 0 aromatic heterocycles. The Bertz CT molecular complexity index is 419. The average molecular weight is 230 g/mol. The number of carbonyl (C=O) groups is 1. The zero-order chi connectivity index (χ0) is 11.7. The third-order valence-corrected chi connectivity index (χ3v) is 3.98. The van der Waals surface area contributed by atoms with Crippen molar-refractivity contribution >= 4 is 5.78 Å². The first-order valence-electron chi connectivity index (χ1n) is 6.58. The van der Waals surface area contributed by atoms with Crippen LogP contribution in [0.3, 0.4) is 0 Å². The van der Waals surface area contributed by atoms with Crippen LogP contribution in [0.2, 0.25) is 0 Å². The molecule has 1 aliphatic carbocycles. The van der Waals surface area contributed by atoms with Crippen molar-refractivity contribution in [3.05, 3.63) is 35.4 Å². The van der Waals surface area contributed by atoms with E-state index in [1.165, 1.54) is 18.4 Å². The minimum atomic E-state index is 0.205. The molecule has 1 heterocycles. The van der Waals surface area contributed by atoms with Crippen LogP contribution >= 0.6 is 0 Å². The van der Waals surface area contributed by atoms with Gasteiger partial charge in [0.05, 0.1) is 6.10 Å². The Morgan fingerprint density at radius 2 is 2.12 bits per heavy atom. The van der Waals surface area contributed by atoms with Crippen molar-refractivity contribution in [2.75, 3.05) is 6.61 Å². The first kappa shape index (κ1) is 11.0. The summed E-state index contributed by atoms with van der Waals surface area (Å²) in [7, 11) is 0. The number of hydrogen-bond acceptors (Lipinski definition) is 2. The molecule has 3 rings (SSSR count). The molecule has 2 nitrogen and oxygen atoms in total. The number of rotatable bonds is 3. The molecule has 2 heteroatoms. The second-order valence-corrected chi connectivity index (χ2v) is 5.13. The number of Topliss-reactive ketones (excluding diaryl/α,β-unsaturated/α-hetero) is 1. The van der Waals surface area contributed by atoms with E-state index < -0.39 is 0 Å². The molecule has 0 radical (unpaired) electrons. The highest BCUT2D eigenvalue weighted by Crippen LogP contribution is 2.31. The molecule has 1 fully saturated rings. The zero-order valence-corrected chi connectivity index (χ0v) is 10.0. The Kier molecular flexibility index (Phi) is 2.98. The second kappa shape index (κ2) is 4.61. The van der Waals surface area contributed by atoms with Crippen molar-refractivity contribution in [2.45, 2.75) is 38.2 Å². The Hall–Kier alpha value is -1.15. The maximum atomic E-state index is 12.2. The van der Waals surface area contributed by atoms with E-state index in [0.717, 1.165) is 31.4 Å². The number of fused-ring (bicyclic) bond motifs is 1. The molecule has 1 aliphatic heterocycles. The molecule has 2 unspecified atom stereocenters. The molecule has 0 saturated carbocycles. The van der Waals surface area contributed by atoms with Gasteiger partial charge in [-0.15, -0.1) is 0 Å². The van der Waals surface area contributed by atoms with Crippen LogP contribution in [0.4, 0.5) is 0 Å². The number of ether oxygens (including phenoxy) is 1. The molecule has 2 aliphatic rings. The highest BCUT2D eigenvalue weighted by atomic mass is 16.5. The monoisotopic (exact) mass is 230 g/mol. The van der Waals surface area contributed by atoms with Crippen molar-refractivity contribution in [1.82, 2.24) is 0 Å². The van der Waals surface area contributed by atoms with Crippen LogP contribution in [0.1, 0.15) is 41.6 Å². The van der Waals surface area contributed by atoms with Gasteiger partial charge < -0.3 is 4.74 Å². The lowest BCUT2D eigenvalue weighted by Gasteiger charge is -2.12. The van der Waals surface area contributed by atoms with E-state index in [4.69, 9.17) is 4.74 Å². The van der Waals surface area contributed by atoms with Crippen LogP contribution in [-0.2, 0) is 11.2 Å². The Labute approximate surface area is 102 Å². The third kappa shape index (κ3) is 2.14. The fourth-order valence-corrected chi connectivity index (χ4v) is 3.01. The topological polar surface area (TPSA) is 26.3 Å². The summed E-state index contributed by atoms with van der Waals surface area (Å²) in [6.07, 6.45) is 5.73. The second-order valence-electron chi connectivity index (χ2n) is 5.13. The first-order chi connectivity index (χ1) is 8.34. The fourth-order valence-electron chi connectivity index (χ4n) is 3.01. The van der Waals surface area contributed by atoms with Gasteiger partial charge in [-0.1, -0.05) is 24.3 Å². The predicted molar refractivity (Wildman–Crippen MR) is 66.2 cm³/mol. The molecule has 1 aromatic carbocycles. The molecule has 0 spiro atoms. The number of ketones is 1. The van der Waals surface area contributed by atoms with Crippen molar-refractivity contribution < 1.29 is 9.53 Å². The van der Waals surface area contributed by atoms with Crippen LogP contribution in [0, 0.1) is 5.92 Å². The van der Waals surface area contributed by atoms with E-state index in [1.54, 1.807) is 0 Å². The first-order valence-corrected chi connectivity index (χ1v) is 6.58. The van der Waals surface area contributed by atoms with Gasteiger partial charge in [-0.25, -0.2) is 0 Å². The SMILES string of the molecule is O=C1c2ccccc2CC1CCC1CCCO1. The van der Waals surface area contributed by atoms with Crippen LogP contribution < -0.4 is 0 Å². The third-order valence-electron chi connectivity index (χ3n) is 3.98. The number of hydrogen-bond donors (Lipinski definition) is 0. The Balaban J connectivity index is 1.61. The van der Waals surface area contributed by atoms with E-state index in [0.29, 0.717) is 11.9 Å². The molecule has 2 atom stereocenters. The summed E-state index contributed by atoms with van der Waals surface area (Å²) in [4.78, 5) is 12.2. The summed E-state index contributed by atoms with van der Waals surface area (Å²) in [5.41, 5.74) is 2.18. The lowest BCUT2D eigenvalue weighted by molar-refractivity contribution is 0.0853. The van der Waals surface area contributed by atoms with Gasteiger partial charge in [-0.05, 0) is 37.7 Å². The molecular formula is C15H18O2. The van der Waals surface area contributed by atoms with Crippen molar-refractivity contribution in [2.24, 2.45) is 5.92 Å². The molecule has 0 N–H and O–H groups in total. The van der Waals surface area contributed by atoms with E-state index in [1.807, 2.05) is 18.2 Å². The van der Waals surface area contributed by atoms with E-state index in [-0.39, 0.29) is 5.92 Å². The van der Waals surface area contributed by atoms with Gasteiger partial charge in [0.15, 0.2) is 5.78 Å². The molecule has 1 saturated heterocycles. The summed E-state index contributed by atoms with van der Waals surface area (Å²) in [6, 6.07) is 8.02. The van der Waals surface area contributed by atoms with Crippen molar-refractivity contribution in [3.63, 3.8) is 0 Å². The van der Waals surface area contributed by atoms with Gasteiger partial charge in [-0.2, -0.15) is 0 Å². The minimum Gasteiger partial charge on any atom is -0.378 e. The summed E-state index contributed by atoms with van der Waals surface area (Å²) >= 11 is 0. The predicted octanol–water partition coefficient (Wildman–Crippen LogP) is 3.00. The van der Waals surface area contributed by atoms with E-state index in [9.17, 15) is 4.79 Å². The molecule has 0 amide bonds. The van der Waals surface area contributed by atoms with Gasteiger partial charge in [0, 0.05) is 18.1 Å². The van der Waals surface area contributed by atoms with Crippen LogP contribution in [-0.4, -0.2) is 18.5 Å². The van der Waals surface area contributed by atoms with Crippen LogP contribution in [0.15, 0.2) is 24.3 Å². The summed E-state index contributed by atoms with van der Waals surface area (Å²) < 4.78 is 5.61. The number of benzene rings is 1. The maximum Gasteiger partial charge on any atom is 0.166 e. The van der Waals surface area contributed by atoms with Gasteiger partial charge >= 0.3 is 0 Å². The molecule has 17 heavy (non-hydrogen) atoms. The lowest BCUT2D eigenvalue weighted by atomic mass is 9.96. The van der Waals surface area contributed by atoms with E-state index in [2.05, 4.69) is 6.07 Å². The molecule has 1 aromatic rings. The molecule has 90 valence electrons. The van der Waals surface area contributed by atoms with Gasteiger partial charge in [-0.3, -0.25) is 4.79 Å². The Morgan fingerprint density at radius 1 is 1.24 bits per heavy atom. The smallest absolute Gasteiger partial charge is 0.166 e. The average Bonchev–Trinajstić information content (AvgIpc) is 2.96. The summed E-state index contributed by atoms with van der Waals surface area (Å²) in [5.74, 6) is 0.551. The van der Waals surface area contributed by atoms with Crippen molar-refractivity contribution in [1.29, 1.82) is 0 Å². The van der Waals surface area contributed by atoms with Gasteiger partial charge in [0.1, 0.15) is 0 Å². The fraction of sp³-hybridized carbons (Fsp3) is 0.533. The largest absolute Gasteiger partial charge is 0.378 e. The normalized spacial score (nSPS) is 27.4. The van der Waals surface area contributed by atoms with Gasteiger partial charge in [0.2, 0.25) is 0 Å². The van der Waals surface area contributed by atoms with Gasteiger partial charge in [0.25, 0.3) is 0 Å². The minimum absolute atomic E-state index is 0.205. The summed E-state index contributed by atoms with van der Waals surface area (Å²) in [5, 5.41) is 0. The lowest BCUT2D eigenvalue weighted by Crippen LogP contribution is -2.13. The number of carbonyl (C=O) groups excluding carboxylic acids is 1. The maximum absolute atomic E-state index is 12.2. The van der Waals surface area contributed by atoms with Crippen LogP contribution in [0.5, 0.6) is 0 Å². The van der Waals surface area contributed by atoms with Crippen LogP contribution in [0.25, 0.3) is 0 Å². The molecular weight excluding hydrogens is 212 g/mol. The quantitative estimate of drug-likeness (QED) is 0.798. The zero-order valence-electron chi connectivity index (χ0n) is 10.0. The highest BCUT2D eigenvalue weighted by molar-refractivity contribution is 6.02. The van der Waals surface area contributed by atoms with E-state index >= 15 is 0 Å². The standard InChI is InChI=1S/C15H18O2/c16-15-12(7-8-13-5-3-9-17-13)10-11-4-1-2-6-14(11)15/h1-2,4,6,12-13H,3,5,7-10H2. The van der Waals surface area contributed by atoms with Crippen molar-refractivity contribution in [3.8, 4) is 0 Å².